The average Bonchev–Trinajstić information content (AvgIpc) is 2.63. The highest BCUT2D eigenvalue weighted by molar-refractivity contribution is 5.77. The van der Waals surface area contributed by atoms with E-state index in [1.54, 1.807) is 0 Å². The number of fused-ring (bicyclic) bond motifs is 3. The predicted octanol–water partition coefficient (Wildman–Crippen LogP) is 3.66. The van der Waals surface area contributed by atoms with Gasteiger partial charge in [-0.1, -0.05) is 48.5 Å². The first-order valence-corrected chi connectivity index (χ1v) is 4.87. The highest BCUT2D eigenvalue weighted by atomic mass is 19.3. The summed E-state index contributed by atoms with van der Waals surface area (Å²) < 4.78 is 12.6. The highest BCUT2D eigenvalue weighted by Gasteiger charge is 2.29. The van der Waals surface area contributed by atoms with E-state index in [0.717, 1.165) is 22.3 Å². The molecule has 0 spiro atoms. The van der Waals surface area contributed by atoms with E-state index in [2.05, 4.69) is 4.94 Å². The zero-order valence-corrected chi connectivity index (χ0v) is 7.98. The van der Waals surface area contributed by atoms with Crippen LogP contribution in [-0.4, -0.2) is 0 Å². The van der Waals surface area contributed by atoms with Crippen LogP contribution in [0.25, 0.3) is 11.1 Å². The van der Waals surface area contributed by atoms with Gasteiger partial charge in [-0.2, -0.15) is 4.94 Å². The molecule has 2 aromatic carbocycles. The van der Waals surface area contributed by atoms with Crippen molar-refractivity contribution in [1.29, 1.82) is 0 Å². The van der Waals surface area contributed by atoms with E-state index >= 15 is 0 Å². The molecule has 1 nitrogen and oxygen atoms in total. The van der Waals surface area contributed by atoms with Gasteiger partial charge in [-0.15, -0.1) is 0 Å². The summed E-state index contributed by atoms with van der Waals surface area (Å²) in [5, 5.41) is 0. The molecule has 0 bridgehead atoms. The van der Waals surface area contributed by atoms with E-state index in [0.29, 0.717) is 0 Å². The number of halogens is 1. The summed E-state index contributed by atoms with van der Waals surface area (Å²) >= 11 is 0. The first-order valence-electron chi connectivity index (χ1n) is 4.87. The fourth-order valence-electron chi connectivity index (χ4n) is 2.21. The van der Waals surface area contributed by atoms with Crippen LogP contribution in [0.3, 0.4) is 0 Å². The van der Waals surface area contributed by atoms with Crippen molar-refractivity contribution in [1.82, 2.24) is 0 Å². The third-order valence-corrected chi connectivity index (χ3v) is 2.87. The molecule has 2 heteroatoms. The third kappa shape index (κ3) is 1.12. The Morgan fingerprint density at radius 2 is 1.27 bits per heavy atom. The zero-order chi connectivity index (χ0) is 10.3. The molecule has 0 N–H and O–H groups in total. The molecule has 74 valence electrons. The minimum atomic E-state index is -0.558. The van der Waals surface area contributed by atoms with Crippen LogP contribution in [-0.2, 0) is 4.94 Å². The topological polar surface area (TPSA) is 9.23 Å². The van der Waals surface area contributed by atoms with Crippen molar-refractivity contribution in [3.63, 3.8) is 0 Å². The second-order valence-electron chi connectivity index (χ2n) is 3.64. The Balaban J connectivity index is 2.31. The SMILES string of the molecule is FOC1c2ccccc2-c2ccccc21. The molecular formula is C13H9FO. The molecule has 15 heavy (non-hydrogen) atoms. The normalized spacial score (nSPS) is 13.7. The molecule has 0 amide bonds. The summed E-state index contributed by atoms with van der Waals surface area (Å²) in [5.41, 5.74) is 3.94. The summed E-state index contributed by atoms with van der Waals surface area (Å²) in [5.74, 6) is 0. The number of benzene rings is 2. The molecule has 0 heterocycles. The molecule has 2 aromatic rings. The van der Waals surface area contributed by atoms with Crippen LogP contribution >= 0.6 is 0 Å². The van der Waals surface area contributed by atoms with Gasteiger partial charge in [0, 0.05) is 0 Å². The van der Waals surface area contributed by atoms with Crippen LogP contribution < -0.4 is 0 Å². The summed E-state index contributed by atoms with van der Waals surface area (Å²) in [4.78, 5) is 4.06. The number of hydrogen-bond donors (Lipinski definition) is 0. The van der Waals surface area contributed by atoms with Crippen LogP contribution in [0.1, 0.15) is 17.2 Å². The predicted molar refractivity (Wildman–Crippen MR) is 55.9 cm³/mol. The Kier molecular flexibility index (Phi) is 1.82. The smallest absolute Gasteiger partial charge is 0.150 e. The minimum absolute atomic E-state index is 0.558. The maximum Gasteiger partial charge on any atom is 0.150 e. The maximum absolute atomic E-state index is 12.6. The van der Waals surface area contributed by atoms with E-state index in [4.69, 9.17) is 0 Å². The van der Waals surface area contributed by atoms with E-state index in [-0.39, 0.29) is 0 Å². The lowest BCUT2D eigenvalue weighted by atomic mass is 10.1. The second kappa shape index (κ2) is 3.17. The summed E-state index contributed by atoms with van der Waals surface area (Å²) in [6.07, 6.45) is -0.558. The van der Waals surface area contributed by atoms with Crippen molar-refractivity contribution in [2.24, 2.45) is 0 Å². The van der Waals surface area contributed by atoms with Gasteiger partial charge in [0.1, 0.15) is 6.10 Å². The lowest BCUT2D eigenvalue weighted by Crippen LogP contribution is -1.95. The molecule has 0 atom stereocenters. The van der Waals surface area contributed by atoms with Crippen molar-refractivity contribution in [3.05, 3.63) is 59.7 Å². The standard InChI is InChI=1S/C13H9FO/c14-15-13-11-7-3-1-5-9(11)10-6-2-4-8-12(10)13/h1-8,13H. The molecule has 0 fully saturated rings. The molecule has 0 radical (unpaired) electrons. The van der Waals surface area contributed by atoms with Gasteiger partial charge >= 0.3 is 0 Å². The lowest BCUT2D eigenvalue weighted by molar-refractivity contribution is -0.165. The van der Waals surface area contributed by atoms with E-state index < -0.39 is 6.10 Å². The van der Waals surface area contributed by atoms with Gasteiger partial charge in [0.05, 0.1) is 0 Å². The van der Waals surface area contributed by atoms with E-state index in [1.807, 2.05) is 48.5 Å². The minimum Gasteiger partial charge on any atom is -0.181 e. The molecule has 3 rings (SSSR count). The van der Waals surface area contributed by atoms with E-state index in [9.17, 15) is 4.53 Å². The summed E-state index contributed by atoms with van der Waals surface area (Å²) in [6.45, 7) is 0. The maximum atomic E-state index is 12.6. The van der Waals surface area contributed by atoms with E-state index in [1.165, 1.54) is 0 Å². The first kappa shape index (κ1) is 8.62. The Bertz CT molecular complexity index is 462. The Hall–Kier alpha value is -1.67. The monoisotopic (exact) mass is 200 g/mol. The number of rotatable bonds is 1. The summed E-state index contributed by atoms with van der Waals surface area (Å²) in [7, 11) is 0. The van der Waals surface area contributed by atoms with Gasteiger partial charge in [-0.3, -0.25) is 0 Å². The highest BCUT2D eigenvalue weighted by Crippen LogP contribution is 2.44. The van der Waals surface area contributed by atoms with Crippen molar-refractivity contribution in [3.8, 4) is 11.1 Å². The van der Waals surface area contributed by atoms with Gasteiger partial charge in [0.15, 0.2) is 0 Å². The van der Waals surface area contributed by atoms with Gasteiger partial charge in [-0.25, -0.2) is 0 Å². The fraction of sp³-hybridized carbons (Fsp3) is 0.0769. The molecule has 0 saturated heterocycles. The van der Waals surface area contributed by atoms with Gasteiger partial charge in [0.25, 0.3) is 0 Å². The largest absolute Gasteiger partial charge is 0.181 e. The molecule has 0 saturated carbocycles. The molecular weight excluding hydrogens is 191 g/mol. The second-order valence-corrected chi connectivity index (χ2v) is 3.64. The lowest BCUT2D eigenvalue weighted by Gasteiger charge is -2.06. The van der Waals surface area contributed by atoms with Crippen molar-refractivity contribution in [2.45, 2.75) is 6.10 Å². The third-order valence-electron chi connectivity index (χ3n) is 2.87. The summed E-state index contributed by atoms with van der Waals surface area (Å²) in [6, 6.07) is 15.5. The van der Waals surface area contributed by atoms with Crippen molar-refractivity contribution >= 4 is 0 Å². The Labute approximate surface area is 87.0 Å². The van der Waals surface area contributed by atoms with Gasteiger partial charge in [0.2, 0.25) is 0 Å². The van der Waals surface area contributed by atoms with Crippen LogP contribution in [0.4, 0.5) is 4.53 Å². The Morgan fingerprint density at radius 3 is 1.73 bits per heavy atom. The molecule has 0 aromatic heterocycles. The van der Waals surface area contributed by atoms with Gasteiger partial charge < -0.3 is 0 Å². The molecule has 0 unspecified atom stereocenters. The average molecular weight is 200 g/mol. The fourth-order valence-corrected chi connectivity index (χ4v) is 2.21. The quantitative estimate of drug-likeness (QED) is 0.682. The first-order chi connectivity index (χ1) is 7.42. The van der Waals surface area contributed by atoms with Gasteiger partial charge in [-0.05, 0) is 26.8 Å². The molecule has 1 aliphatic carbocycles. The zero-order valence-electron chi connectivity index (χ0n) is 7.98. The Morgan fingerprint density at radius 1 is 0.800 bits per heavy atom. The molecule has 0 aliphatic heterocycles. The number of hydrogen-bond acceptors (Lipinski definition) is 1. The van der Waals surface area contributed by atoms with Crippen molar-refractivity contribution < 1.29 is 9.47 Å². The van der Waals surface area contributed by atoms with Crippen LogP contribution in [0.5, 0.6) is 0 Å². The van der Waals surface area contributed by atoms with Crippen LogP contribution in [0, 0.1) is 0 Å². The molecule has 1 aliphatic rings. The van der Waals surface area contributed by atoms with Crippen LogP contribution in [0.2, 0.25) is 0 Å². The van der Waals surface area contributed by atoms with Crippen LogP contribution in [0.15, 0.2) is 48.5 Å². The van der Waals surface area contributed by atoms with Crippen molar-refractivity contribution in [2.75, 3.05) is 0 Å².